The summed E-state index contributed by atoms with van der Waals surface area (Å²) in [6.45, 7) is 8.76. The number of fused-ring (bicyclic) bond motifs is 1. The number of benzene rings is 3. The molecule has 2 fully saturated rings. The summed E-state index contributed by atoms with van der Waals surface area (Å²) in [5, 5.41) is 0. The molecular formula is C37H45FN4O5S. The van der Waals surface area contributed by atoms with Crippen LogP contribution in [0, 0.1) is 11.7 Å². The summed E-state index contributed by atoms with van der Waals surface area (Å²) >= 11 is 1.32. The molecule has 48 heavy (non-hydrogen) atoms. The van der Waals surface area contributed by atoms with Crippen LogP contribution in [0.15, 0.2) is 59.4 Å². The highest BCUT2D eigenvalue weighted by molar-refractivity contribution is 7.16. The van der Waals surface area contributed by atoms with Gasteiger partial charge in [0, 0.05) is 69.4 Å². The lowest BCUT2D eigenvalue weighted by atomic mass is 9.89. The van der Waals surface area contributed by atoms with Crippen molar-refractivity contribution < 1.29 is 23.4 Å². The molecule has 6 rings (SSSR count). The van der Waals surface area contributed by atoms with Crippen molar-refractivity contribution in [2.45, 2.75) is 32.4 Å². The zero-order chi connectivity index (χ0) is 33.6. The molecule has 2 saturated heterocycles. The molecule has 0 spiro atoms. The molecular weight excluding hydrogens is 631 g/mol. The summed E-state index contributed by atoms with van der Waals surface area (Å²) in [5.74, 6) is 1.75. The van der Waals surface area contributed by atoms with Crippen LogP contribution < -0.4 is 19.1 Å². The number of aromatic nitrogens is 1. The van der Waals surface area contributed by atoms with E-state index in [4.69, 9.17) is 14.2 Å². The Bertz CT molecular complexity index is 1760. The van der Waals surface area contributed by atoms with Crippen LogP contribution in [0.1, 0.15) is 34.3 Å². The van der Waals surface area contributed by atoms with Crippen molar-refractivity contribution in [1.29, 1.82) is 0 Å². The van der Waals surface area contributed by atoms with Gasteiger partial charge in [-0.05, 0) is 80.4 Å². The molecule has 3 heterocycles. The zero-order valence-corrected chi connectivity index (χ0v) is 28.9. The van der Waals surface area contributed by atoms with Gasteiger partial charge >= 0.3 is 4.87 Å². The first-order valence-electron chi connectivity index (χ1n) is 16.7. The number of nitrogens with zero attached hydrogens (tertiary/aromatic N) is 4. The van der Waals surface area contributed by atoms with Crippen LogP contribution in [0.3, 0.4) is 0 Å². The van der Waals surface area contributed by atoms with Gasteiger partial charge < -0.3 is 24.0 Å². The number of hydrogen-bond acceptors (Lipinski definition) is 9. The number of carbonyl (C=O) groups excluding carboxylic acids is 1. The number of rotatable bonds is 13. The number of thiazole rings is 1. The van der Waals surface area contributed by atoms with Crippen molar-refractivity contribution in [3.63, 3.8) is 0 Å². The number of hydrogen-bond donors (Lipinski definition) is 0. The van der Waals surface area contributed by atoms with E-state index < -0.39 is 0 Å². The summed E-state index contributed by atoms with van der Waals surface area (Å²) in [4.78, 5) is 33.2. The lowest BCUT2D eigenvalue weighted by Gasteiger charge is -2.35. The van der Waals surface area contributed by atoms with Gasteiger partial charge in [0.2, 0.25) is 5.75 Å². The van der Waals surface area contributed by atoms with E-state index in [1.165, 1.54) is 29.0 Å². The second-order valence-electron chi connectivity index (χ2n) is 12.7. The molecule has 9 nitrogen and oxygen atoms in total. The molecule has 4 aromatic rings. The number of methoxy groups -OCH3 is 3. The molecule has 0 bridgehead atoms. The smallest absolute Gasteiger partial charge is 0.308 e. The number of piperidine rings is 1. The molecule has 0 radical (unpaired) electrons. The quantitative estimate of drug-likeness (QED) is 0.180. The fourth-order valence-corrected chi connectivity index (χ4v) is 7.96. The minimum absolute atomic E-state index is 0.0354. The van der Waals surface area contributed by atoms with Gasteiger partial charge in [-0.3, -0.25) is 19.1 Å². The lowest BCUT2D eigenvalue weighted by molar-refractivity contribution is 0.0837. The monoisotopic (exact) mass is 676 g/mol. The molecule has 0 atom stereocenters. The molecule has 3 aromatic carbocycles. The second-order valence-corrected chi connectivity index (χ2v) is 13.7. The number of ether oxygens (including phenoxy) is 3. The highest BCUT2D eigenvalue weighted by Crippen LogP contribution is 2.40. The highest BCUT2D eigenvalue weighted by Gasteiger charge is 2.26. The van der Waals surface area contributed by atoms with Crippen molar-refractivity contribution in [3.05, 3.63) is 86.8 Å². The van der Waals surface area contributed by atoms with E-state index >= 15 is 0 Å². The van der Waals surface area contributed by atoms with Gasteiger partial charge in [-0.2, -0.15) is 0 Å². The number of Topliss-reactive ketones (excluding diaryl/α,β-unsaturated/α-hetero) is 1. The van der Waals surface area contributed by atoms with Crippen LogP contribution in [0.4, 0.5) is 4.39 Å². The third-order valence-electron chi connectivity index (χ3n) is 9.82. The molecule has 0 amide bonds. The first-order chi connectivity index (χ1) is 23.4. The summed E-state index contributed by atoms with van der Waals surface area (Å²) < 4.78 is 32.9. The molecule has 0 aliphatic carbocycles. The highest BCUT2D eigenvalue weighted by atomic mass is 32.1. The Kier molecular flexibility index (Phi) is 11.1. The second kappa shape index (κ2) is 15.6. The van der Waals surface area contributed by atoms with Crippen LogP contribution in [0.5, 0.6) is 17.2 Å². The van der Waals surface area contributed by atoms with E-state index in [-0.39, 0.29) is 22.4 Å². The van der Waals surface area contributed by atoms with Crippen LogP contribution in [0.2, 0.25) is 0 Å². The average Bonchev–Trinajstić information content (AvgIpc) is 3.44. The Morgan fingerprint density at radius 2 is 1.48 bits per heavy atom. The molecule has 256 valence electrons. The summed E-state index contributed by atoms with van der Waals surface area (Å²) in [5.41, 5.74) is 3.91. The van der Waals surface area contributed by atoms with Gasteiger partial charge in [0.1, 0.15) is 5.82 Å². The number of carbonyl (C=O) groups is 1. The van der Waals surface area contributed by atoms with Crippen LogP contribution >= 0.6 is 11.3 Å². The Morgan fingerprint density at radius 1 is 0.792 bits per heavy atom. The fraction of sp³-hybridized carbons (Fsp3) is 0.459. The largest absolute Gasteiger partial charge is 0.493 e. The number of likely N-dealkylation sites (tertiary alicyclic amines) is 1. The van der Waals surface area contributed by atoms with Gasteiger partial charge in [-0.25, -0.2) is 4.39 Å². The van der Waals surface area contributed by atoms with Crippen molar-refractivity contribution in [2.75, 3.05) is 73.7 Å². The normalized spacial score (nSPS) is 16.8. The van der Waals surface area contributed by atoms with E-state index in [9.17, 15) is 14.0 Å². The molecule has 2 aliphatic rings. The molecule has 0 N–H and O–H groups in total. The SMILES string of the molecule is COc1ccc(CN2CCN(CCc3ccc4c(c3)sc(=O)n4CCN3CCC(C(=O)c4ccc(F)cc4)CC3)CC2)c(OC)c1OC. The van der Waals surface area contributed by atoms with Crippen LogP contribution in [-0.4, -0.2) is 98.7 Å². The standard InChI is InChI=1S/C37H45FN4O5S/c1-45-32-11-7-29(35(46-2)36(32)47-3)25-41-20-18-40(19-21-41)15-12-26-4-10-31-33(24-26)48-37(44)42(31)23-22-39-16-13-28(14-17-39)34(43)27-5-8-30(38)9-6-27/h4-11,24,28H,12-23,25H2,1-3H3. The van der Waals surface area contributed by atoms with Gasteiger partial charge in [0.05, 0.1) is 31.5 Å². The number of ketones is 1. The van der Waals surface area contributed by atoms with E-state index in [0.29, 0.717) is 23.6 Å². The topological polar surface area (TPSA) is 76.5 Å². The molecule has 0 unspecified atom stereocenters. The zero-order valence-electron chi connectivity index (χ0n) is 28.1. The predicted octanol–water partition coefficient (Wildman–Crippen LogP) is 5.18. The van der Waals surface area contributed by atoms with Crippen molar-refractivity contribution >= 4 is 27.3 Å². The Hall–Kier alpha value is -3.77. The number of piperazine rings is 1. The molecule has 11 heteroatoms. The molecule has 2 aliphatic heterocycles. The van der Waals surface area contributed by atoms with E-state index in [1.54, 1.807) is 33.5 Å². The van der Waals surface area contributed by atoms with E-state index in [0.717, 1.165) is 99.7 Å². The minimum atomic E-state index is -0.329. The van der Waals surface area contributed by atoms with Crippen molar-refractivity contribution in [2.24, 2.45) is 5.92 Å². The van der Waals surface area contributed by atoms with Crippen LogP contribution in [0.25, 0.3) is 10.2 Å². The van der Waals surface area contributed by atoms with Crippen molar-refractivity contribution in [1.82, 2.24) is 19.3 Å². The maximum atomic E-state index is 13.3. The maximum Gasteiger partial charge on any atom is 0.308 e. The van der Waals surface area contributed by atoms with Crippen LogP contribution in [-0.2, 0) is 19.5 Å². The van der Waals surface area contributed by atoms with E-state index in [2.05, 4.69) is 39.0 Å². The third kappa shape index (κ3) is 7.75. The van der Waals surface area contributed by atoms with Gasteiger partial charge in [0.15, 0.2) is 17.3 Å². The van der Waals surface area contributed by atoms with Gasteiger partial charge in [-0.1, -0.05) is 23.5 Å². The number of halogens is 1. The van der Waals surface area contributed by atoms with Crippen molar-refractivity contribution in [3.8, 4) is 17.2 Å². The Morgan fingerprint density at radius 3 is 2.17 bits per heavy atom. The van der Waals surface area contributed by atoms with Gasteiger partial charge in [-0.15, -0.1) is 0 Å². The lowest BCUT2D eigenvalue weighted by Crippen LogP contribution is -2.46. The fourth-order valence-electron chi connectivity index (χ4n) is 6.97. The average molecular weight is 677 g/mol. The van der Waals surface area contributed by atoms with Gasteiger partial charge in [0.25, 0.3) is 0 Å². The predicted molar refractivity (Wildman–Crippen MR) is 187 cm³/mol. The maximum absolute atomic E-state index is 13.3. The molecule has 1 aromatic heterocycles. The summed E-state index contributed by atoms with van der Waals surface area (Å²) in [6.07, 6.45) is 2.50. The summed E-state index contributed by atoms with van der Waals surface area (Å²) in [6, 6.07) is 16.3. The Labute approximate surface area is 285 Å². The molecule has 0 saturated carbocycles. The first-order valence-corrected chi connectivity index (χ1v) is 17.6. The minimum Gasteiger partial charge on any atom is -0.493 e. The third-order valence-corrected chi connectivity index (χ3v) is 10.8. The Balaban J connectivity index is 0.966. The first kappa shape index (κ1) is 34.1. The summed E-state index contributed by atoms with van der Waals surface area (Å²) in [7, 11) is 4.93. The van der Waals surface area contributed by atoms with E-state index in [1.807, 2.05) is 10.6 Å².